The van der Waals surface area contributed by atoms with Gasteiger partial charge in [0.25, 0.3) is 0 Å². The largest absolute Gasteiger partial charge is 0.348 e. The third kappa shape index (κ3) is 4.05. The van der Waals surface area contributed by atoms with Crippen molar-refractivity contribution in [1.82, 2.24) is 14.7 Å². The Morgan fingerprint density at radius 2 is 1.77 bits per heavy atom. The topological polar surface area (TPSA) is 60.9 Å². The molecule has 0 radical (unpaired) electrons. The summed E-state index contributed by atoms with van der Waals surface area (Å²) in [6.45, 7) is 1.31. The summed E-state index contributed by atoms with van der Waals surface area (Å²) in [6.07, 6.45) is 0. The lowest BCUT2D eigenvalue weighted by Crippen LogP contribution is -2.60. The maximum atomic E-state index is 14.0. The number of sulfone groups is 1. The van der Waals surface area contributed by atoms with Crippen LogP contribution in [0.5, 0.6) is 0 Å². The molecule has 2 fully saturated rings. The molecule has 0 unspecified atom stereocenters. The Morgan fingerprint density at radius 3 is 2.42 bits per heavy atom. The number of nitrogens with zero attached hydrogens (tertiary/aromatic N) is 3. The van der Waals surface area contributed by atoms with E-state index in [1.165, 1.54) is 4.90 Å². The van der Waals surface area contributed by atoms with E-state index in [2.05, 4.69) is 0 Å². The van der Waals surface area contributed by atoms with Crippen LogP contribution in [0.15, 0.2) is 18.2 Å². The third-order valence-electron chi connectivity index (χ3n) is 5.12. The number of hydrogen-bond donors (Lipinski definition) is 0. The number of likely N-dealkylation sites (N-methyl/N-ethyl adjacent to an activating group) is 1. The molecule has 2 atom stereocenters. The van der Waals surface area contributed by atoms with Crippen LogP contribution in [0.3, 0.4) is 0 Å². The predicted molar refractivity (Wildman–Crippen MR) is 93.3 cm³/mol. The summed E-state index contributed by atoms with van der Waals surface area (Å²) in [6, 6.07) is 2.66. The molecule has 144 valence electrons. The van der Waals surface area contributed by atoms with Crippen molar-refractivity contribution in [3.05, 3.63) is 35.4 Å². The Morgan fingerprint density at radius 1 is 1.15 bits per heavy atom. The van der Waals surface area contributed by atoms with Crippen molar-refractivity contribution in [3.8, 4) is 0 Å². The van der Waals surface area contributed by atoms with Gasteiger partial charge in [-0.2, -0.15) is 0 Å². The van der Waals surface area contributed by atoms with E-state index in [0.717, 1.165) is 18.2 Å². The van der Waals surface area contributed by atoms with E-state index in [-0.39, 0.29) is 48.1 Å². The van der Waals surface area contributed by atoms with Crippen LogP contribution >= 0.6 is 0 Å². The lowest BCUT2D eigenvalue weighted by atomic mass is 10.0. The minimum atomic E-state index is -3.24. The number of halogens is 2. The van der Waals surface area contributed by atoms with E-state index < -0.39 is 21.5 Å². The summed E-state index contributed by atoms with van der Waals surface area (Å²) in [5.74, 6) is -1.15. The molecule has 1 amide bonds. The summed E-state index contributed by atoms with van der Waals surface area (Å²) in [5, 5.41) is 0. The molecule has 0 saturated carbocycles. The van der Waals surface area contributed by atoms with E-state index in [1.807, 2.05) is 9.80 Å². The van der Waals surface area contributed by atoms with Gasteiger partial charge >= 0.3 is 0 Å². The van der Waals surface area contributed by atoms with Crippen LogP contribution < -0.4 is 0 Å². The van der Waals surface area contributed by atoms with E-state index in [0.29, 0.717) is 13.1 Å². The Kier molecular flexibility index (Phi) is 5.32. The molecule has 9 heteroatoms. The number of fused-ring (bicyclic) bond motifs is 1. The fourth-order valence-electron chi connectivity index (χ4n) is 3.69. The van der Waals surface area contributed by atoms with Crippen LogP contribution in [0.2, 0.25) is 0 Å². The number of hydrogen-bond acceptors (Lipinski definition) is 5. The maximum absolute atomic E-state index is 14.0. The summed E-state index contributed by atoms with van der Waals surface area (Å²) in [7, 11) is 0.0844. The number of piperazine rings is 1. The number of carbonyl (C=O) groups excluding carboxylic acids is 1. The monoisotopic (exact) mass is 387 g/mol. The van der Waals surface area contributed by atoms with Gasteiger partial charge in [0.05, 0.1) is 18.1 Å². The smallest absolute Gasteiger partial charge is 0.236 e. The van der Waals surface area contributed by atoms with Gasteiger partial charge in [-0.25, -0.2) is 17.2 Å². The van der Waals surface area contributed by atoms with Crippen molar-refractivity contribution < 1.29 is 22.0 Å². The van der Waals surface area contributed by atoms with Gasteiger partial charge in [0, 0.05) is 51.4 Å². The predicted octanol–water partition coefficient (Wildman–Crippen LogP) is 0.336. The van der Waals surface area contributed by atoms with E-state index in [1.54, 1.807) is 14.1 Å². The minimum absolute atomic E-state index is 0.0134. The van der Waals surface area contributed by atoms with Gasteiger partial charge < -0.3 is 4.90 Å². The van der Waals surface area contributed by atoms with Gasteiger partial charge in [-0.3, -0.25) is 14.6 Å². The van der Waals surface area contributed by atoms with Gasteiger partial charge in [0.1, 0.15) is 11.6 Å². The molecule has 6 nitrogen and oxygen atoms in total. The van der Waals surface area contributed by atoms with Crippen molar-refractivity contribution in [2.45, 2.75) is 18.6 Å². The molecule has 0 spiro atoms. The molecule has 0 aliphatic carbocycles. The molecular formula is C17H23F2N3O3S. The third-order valence-corrected chi connectivity index (χ3v) is 6.82. The molecule has 0 aromatic heterocycles. The molecule has 0 bridgehead atoms. The first-order valence-corrected chi connectivity index (χ1v) is 10.3. The first-order chi connectivity index (χ1) is 12.2. The second-order valence-corrected chi connectivity index (χ2v) is 9.33. The number of amides is 1. The van der Waals surface area contributed by atoms with Crippen molar-refractivity contribution in [2.24, 2.45) is 0 Å². The lowest BCUT2D eigenvalue weighted by Gasteiger charge is -2.43. The summed E-state index contributed by atoms with van der Waals surface area (Å²) < 4.78 is 51.8. The molecule has 0 N–H and O–H groups in total. The molecule has 3 rings (SSSR count). The van der Waals surface area contributed by atoms with Gasteiger partial charge in [-0.05, 0) is 18.2 Å². The molecule has 1 aromatic carbocycles. The second-order valence-electron chi connectivity index (χ2n) is 7.18. The fraction of sp³-hybridized carbons (Fsp3) is 0.588. The summed E-state index contributed by atoms with van der Waals surface area (Å²) in [5.41, 5.74) is 0.214. The zero-order valence-electron chi connectivity index (χ0n) is 14.9. The normalized spacial score (nSPS) is 25.8. The lowest BCUT2D eigenvalue weighted by molar-refractivity contribution is -0.131. The highest BCUT2D eigenvalue weighted by molar-refractivity contribution is 7.91. The van der Waals surface area contributed by atoms with Crippen LogP contribution in [0.25, 0.3) is 0 Å². The maximum Gasteiger partial charge on any atom is 0.236 e. The van der Waals surface area contributed by atoms with E-state index in [4.69, 9.17) is 0 Å². The second kappa shape index (κ2) is 7.21. The Balaban J connectivity index is 1.80. The number of rotatable bonds is 4. The SMILES string of the molecule is CN(C)C(=O)CN1CCN(Cc2cc(F)ccc2F)[C@H]2CS(=O)(=O)C[C@H]21. The molecule has 1 aromatic rings. The van der Waals surface area contributed by atoms with Crippen LogP contribution in [-0.2, 0) is 21.2 Å². The average molecular weight is 387 g/mol. The van der Waals surface area contributed by atoms with Gasteiger partial charge in [-0.1, -0.05) is 0 Å². The number of benzene rings is 1. The quantitative estimate of drug-likeness (QED) is 0.746. The van der Waals surface area contributed by atoms with Crippen LogP contribution in [0.1, 0.15) is 5.56 Å². The zero-order chi connectivity index (χ0) is 19.1. The first kappa shape index (κ1) is 19.2. The molecular weight excluding hydrogens is 364 g/mol. The van der Waals surface area contributed by atoms with Crippen molar-refractivity contribution in [1.29, 1.82) is 0 Å². The fourth-order valence-corrected chi connectivity index (χ4v) is 5.73. The highest BCUT2D eigenvalue weighted by Gasteiger charge is 2.46. The highest BCUT2D eigenvalue weighted by Crippen LogP contribution is 2.28. The number of carbonyl (C=O) groups is 1. The Hall–Kier alpha value is -1.58. The first-order valence-electron chi connectivity index (χ1n) is 8.49. The van der Waals surface area contributed by atoms with Crippen molar-refractivity contribution in [3.63, 3.8) is 0 Å². The minimum Gasteiger partial charge on any atom is -0.348 e. The molecule has 2 aliphatic rings. The highest BCUT2D eigenvalue weighted by atomic mass is 32.2. The summed E-state index contributed by atoms with van der Waals surface area (Å²) >= 11 is 0. The molecule has 2 aliphatic heterocycles. The standard InChI is InChI=1S/C17H23F2N3O3S/c1-20(2)17(23)9-22-6-5-21(15-10-26(24,25)11-16(15)22)8-12-7-13(18)3-4-14(12)19/h3-4,7,15-16H,5-6,8-11H2,1-2H3/t15-,16+/m0/s1. The molecule has 26 heavy (non-hydrogen) atoms. The van der Waals surface area contributed by atoms with Crippen LogP contribution in [0.4, 0.5) is 8.78 Å². The van der Waals surface area contributed by atoms with Crippen LogP contribution in [-0.4, -0.2) is 86.3 Å². The van der Waals surface area contributed by atoms with E-state index >= 15 is 0 Å². The van der Waals surface area contributed by atoms with Gasteiger partial charge in [-0.15, -0.1) is 0 Å². The Labute approximate surface area is 152 Å². The van der Waals surface area contributed by atoms with Crippen molar-refractivity contribution in [2.75, 3.05) is 45.2 Å². The Bertz CT molecular complexity index is 800. The van der Waals surface area contributed by atoms with Crippen molar-refractivity contribution >= 4 is 15.7 Å². The molecule has 2 heterocycles. The average Bonchev–Trinajstić information content (AvgIpc) is 2.88. The van der Waals surface area contributed by atoms with Crippen LogP contribution in [0, 0.1) is 11.6 Å². The summed E-state index contributed by atoms with van der Waals surface area (Å²) in [4.78, 5) is 17.3. The van der Waals surface area contributed by atoms with Gasteiger partial charge in [0.15, 0.2) is 9.84 Å². The van der Waals surface area contributed by atoms with Gasteiger partial charge in [0.2, 0.25) is 5.91 Å². The zero-order valence-corrected chi connectivity index (χ0v) is 15.7. The molecule has 2 saturated heterocycles. The van der Waals surface area contributed by atoms with E-state index in [9.17, 15) is 22.0 Å².